The smallest absolute Gasteiger partial charge is 0.158 e. The van der Waals surface area contributed by atoms with E-state index in [2.05, 4.69) is 21.5 Å². The lowest BCUT2D eigenvalue weighted by Gasteiger charge is -2.13. The van der Waals surface area contributed by atoms with Crippen LogP contribution in [0.4, 0.5) is 5.82 Å². The first kappa shape index (κ1) is 15.3. The van der Waals surface area contributed by atoms with Crippen LogP contribution in [0.5, 0.6) is 0 Å². The van der Waals surface area contributed by atoms with Gasteiger partial charge in [-0.2, -0.15) is 14.9 Å². The van der Waals surface area contributed by atoms with Gasteiger partial charge in [0.2, 0.25) is 0 Å². The van der Waals surface area contributed by atoms with Gasteiger partial charge in [0.15, 0.2) is 11.5 Å². The molecule has 0 spiro atoms. The largest absolute Gasteiger partial charge is 0.374 e. The van der Waals surface area contributed by atoms with Crippen molar-refractivity contribution in [1.82, 2.24) is 14.6 Å². The maximum atomic E-state index is 9.57. The highest BCUT2D eigenvalue weighted by Crippen LogP contribution is 2.27. The standard InChI is InChI=1S/C16H15N5OS/c1-22-11-23-16-13(9-17)15(21-14(20-16)7-8-19-21)18-10-12-5-3-2-4-6-12/h2-8,18H,10-11H2,1H3. The number of hydrogen-bond donors (Lipinski definition) is 1. The lowest BCUT2D eigenvalue weighted by molar-refractivity contribution is 0.258. The molecule has 0 aliphatic heterocycles. The fourth-order valence-electron chi connectivity index (χ4n) is 2.19. The van der Waals surface area contributed by atoms with Gasteiger partial charge in [0, 0.05) is 19.7 Å². The Kier molecular flexibility index (Phi) is 4.76. The fraction of sp³-hybridized carbons (Fsp3) is 0.188. The van der Waals surface area contributed by atoms with E-state index in [-0.39, 0.29) is 0 Å². The van der Waals surface area contributed by atoms with Crippen LogP contribution in [0.15, 0.2) is 47.6 Å². The minimum atomic E-state index is 0.435. The summed E-state index contributed by atoms with van der Waals surface area (Å²) in [5.41, 5.74) is 2.29. The molecule has 1 N–H and O–H groups in total. The van der Waals surface area contributed by atoms with E-state index in [1.165, 1.54) is 11.8 Å². The normalized spacial score (nSPS) is 10.6. The van der Waals surface area contributed by atoms with Gasteiger partial charge in [0.05, 0.1) is 12.1 Å². The Morgan fingerprint density at radius 1 is 1.30 bits per heavy atom. The lowest BCUT2D eigenvalue weighted by Crippen LogP contribution is -2.10. The predicted octanol–water partition coefficient (Wildman–Crippen LogP) is 2.91. The number of ether oxygens (including phenoxy) is 1. The van der Waals surface area contributed by atoms with Crippen molar-refractivity contribution in [2.24, 2.45) is 0 Å². The Hall–Kier alpha value is -2.56. The van der Waals surface area contributed by atoms with Gasteiger partial charge in [0.1, 0.15) is 16.7 Å². The number of methoxy groups -OCH3 is 1. The van der Waals surface area contributed by atoms with Crippen molar-refractivity contribution in [1.29, 1.82) is 5.26 Å². The van der Waals surface area contributed by atoms with Gasteiger partial charge in [0.25, 0.3) is 0 Å². The molecule has 0 aliphatic rings. The zero-order chi connectivity index (χ0) is 16.1. The van der Waals surface area contributed by atoms with Crippen LogP contribution in [0.1, 0.15) is 11.1 Å². The first-order valence-electron chi connectivity index (χ1n) is 7.01. The molecule has 3 rings (SSSR count). The van der Waals surface area contributed by atoms with E-state index in [0.29, 0.717) is 34.5 Å². The molecule has 0 saturated carbocycles. The van der Waals surface area contributed by atoms with Gasteiger partial charge in [-0.15, -0.1) is 0 Å². The molecule has 0 fully saturated rings. The van der Waals surface area contributed by atoms with Crippen LogP contribution in [0.25, 0.3) is 5.65 Å². The Morgan fingerprint density at radius 2 is 2.13 bits per heavy atom. The number of nitriles is 1. The average Bonchev–Trinajstić information content (AvgIpc) is 3.06. The Morgan fingerprint density at radius 3 is 2.87 bits per heavy atom. The third-order valence-corrected chi connectivity index (χ3v) is 4.15. The molecule has 2 aromatic heterocycles. The summed E-state index contributed by atoms with van der Waals surface area (Å²) in [5.74, 6) is 1.08. The summed E-state index contributed by atoms with van der Waals surface area (Å²) in [4.78, 5) is 4.48. The summed E-state index contributed by atoms with van der Waals surface area (Å²) in [6.07, 6.45) is 1.67. The summed E-state index contributed by atoms with van der Waals surface area (Å²) in [5, 5.41) is 17.8. The van der Waals surface area contributed by atoms with E-state index in [1.54, 1.807) is 17.8 Å². The van der Waals surface area contributed by atoms with Gasteiger partial charge in [-0.1, -0.05) is 42.1 Å². The van der Waals surface area contributed by atoms with Crippen LogP contribution in [-0.4, -0.2) is 27.6 Å². The van der Waals surface area contributed by atoms with Gasteiger partial charge in [-0.05, 0) is 5.56 Å². The molecule has 0 radical (unpaired) electrons. The molecule has 2 heterocycles. The first-order chi connectivity index (χ1) is 11.3. The first-order valence-corrected chi connectivity index (χ1v) is 7.99. The monoisotopic (exact) mass is 325 g/mol. The zero-order valence-electron chi connectivity index (χ0n) is 12.6. The molecular formula is C16H15N5OS. The molecule has 0 atom stereocenters. The molecule has 116 valence electrons. The van der Waals surface area contributed by atoms with Gasteiger partial charge >= 0.3 is 0 Å². The summed E-state index contributed by atoms with van der Waals surface area (Å²) >= 11 is 1.39. The molecule has 0 unspecified atom stereocenters. The van der Waals surface area contributed by atoms with E-state index in [9.17, 15) is 5.26 Å². The number of aromatic nitrogens is 3. The van der Waals surface area contributed by atoms with Crippen molar-refractivity contribution in [3.8, 4) is 6.07 Å². The Bertz CT molecular complexity index is 841. The zero-order valence-corrected chi connectivity index (χ0v) is 13.4. The summed E-state index contributed by atoms with van der Waals surface area (Å²) in [6, 6.07) is 14.0. The third-order valence-electron chi connectivity index (χ3n) is 3.23. The molecule has 1 aromatic carbocycles. The quantitative estimate of drug-likeness (QED) is 0.427. The van der Waals surface area contributed by atoms with Gasteiger partial charge < -0.3 is 10.1 Å². The second-order valence-electron chi connectivity index (χ2n) is 4.74. The van der Waals surface area contributed by atoms with Crippen molar-refractivity contribution < 1.29 is 4.74 Å². The maximum Gasteiger partial charge on any atom is 0.158 e. The van der Waals surface area contributed by atoms with E-state index >= 15 is 0 Å². The summed E-state index contributed by atoms with van der Waals surface area (Å²) in [6.45, 7) is 0.600. The summed E-state index contributed by atoms with van der Waals surface area (Å²) < 4.78 is 6.73. The van der Waals surface area contributed by atoms with Crippen LogP contribution < -0.4 is 5.32 Å². The van der Waals surface area contributed by atoms with Crippen LogP contribution in [0.2, 0.25) is 0 Å². The maximum absolute atomic E-state index is 9.57. The number of benzene rings is 1. The number of nitrogens with zero attached hydrogens (tertiary/aromatic N) is 4. The highest BCUT2D eigenvalue weighted by molar-refractivity contribution is 7.99. The molecule has 3 aromatic rings. The van der Waals surface area contributed by atoms with Crippen molar-refractivity contribution in [3.63, 3.8) is 0 Å². The Labute approximate surface area is 138 Å². The second-order valence-corrected chi connectivity index (χ2v) is 5.65. The molecule has 7 heteroatoms. The minimum Gasteiger partial charge on any atom is -0.374 e. The molecule has 0 bridgehead atoms. The average molecular weight is 325 g/mol. The second kappa shape index (κ2) is 7.13. The van der Waals surface area contributed by atoms with Gasteiger partial charge in [-0.25, -0.2) is 4.98 Å². The van der Waals surface area contributed by atoms with E-state index < -0.39 is 0 Å². The van der Waals surface area contributed by atoms with Crippen LogP contribution in [0.3, 0.4) is 0 Å². The number of nitrogens with one attached hydrogen (secondary N) is 1. The molecule has 0 aliphatic carbocycles. The van der Waals surface area contributed by atoms with E-state index in [0.717, 1.165) is 5.56 Å². The topological polar surface area (TPSA) is 75.2 Å². The fourth-order valence-corrected chi connectivity index (χ4v) is 2.86. The van der Waals surface area contributed by atoms with E-state index in [1.807, 2.05) is 36.4 Å². The molecular weight excluding hydrogens is 310 g/mol. The number of hydrogen-bond acceptors (Lipinski definition) is 6. The van der Waals surface area contributed by atoms with Crippen LogP contribution in [-0.2, 0) is 11.3 Å². The number of thioether (sulfide) groups is 1. The molecule has 6 nitrogen and oxygen atoms in total. The van der Waals surface area contributed by atoms with Crippen molar-refractivity contribution >= 4 is 23.2 Å². The van der Waals surface area contributed by atoms with Gasteiger partial charge in [-0.3, -0.25) is 0 Å². The molecule has 23 heavy (non-hydrogen) atoms. The third kappa shape index (κ3) is 3.28. The molecule has 0 saturated heterocycles. The van der Waals surface area contributed by atoms with Crippen molar-refractivity contribution in [3.05, 3.63) is 53.7 Å². The Balaban J connectivity index is 1.99. The minimum absolute atomic E-state index is 0.435. The lowest BCUT2D eigenvalue weighted by atomic mass is 10.2. The highest BCUT2D eigenvalue weighted by Gasteiger charge is 2.16. The number of fused-ring (bicyclic) bond motifs is 1. The molecule has 0 amide bonds. The number of rotatable bonds is 6. The van der Waals surface area contributed by atoms with Crippen LogP contribution >= 0.6 is 11.8 Å². The number of anilines is 1. The SMILES string of the molecule is COCSc1nc2ccnn2c(NCc2ccccc2)c1C#N. The summed E-state index contributed by atoms with van der Waals surface area (Å²) in [7, 11) is 1.62. The highest BCUT2D eigenvalue weighted by atomic mass is 32.2. The van der Waals surface area contributed by atoms with Crippen LogP contribution in [0, 0.1) is 11.3 Å². The predicted molar refractivity (Wildman–Crippen MR) is 89.2 cm³/mol. The van der Waals surface area contributed by atoms with Crippen molar-refractivity contribution in [2.45, 2.75) is 11.6 Å². The van der Waals surface area contributed by atoms with Crippen molar-refractivity contribution in [2.75, 3.05) is 18.4 Å². The van der Waals surface area contributed by atoms with E-state index in [4.69, 9.17) is 4.74 Å².